The molecule has 86 valence electrons. The molecule has 1 aromatic rings. The van der Waals surface area contributed by atoms with Crippen molar-refractivity contribution < 1.29 is 14.3 Å². The average Bonchev–Trinajstić information content (AvgIpc) is 2.27. The van der Waals surface area contributed by atoms with Gasteiger partial charge in [0.1, 0.15) is 5.75 Å². The van der Waals surface area contributed by atoms with E-state index >= 15 is 0 Å². The van der Waals surface area contributed by atoms with Gasteiger partial charge in [0, 0.05) is 12.0 Å². The Morgan fingerprint density at radius 3 is 2.31 bits per heavy atom. The molecule has 0 bridgehead atoms. The summed E-state index contributed by atoms with van der Waals surface area (Å²) in [5.41, 5.74) is 0.619. The molecule has 0 N–H and O–H groups in total. The van der Waals surface area contributed by atoms with Crippen LogP contribution >= 0.6 is 0 Å². The van der Waals surface area contributed by atoms with Gasteiger partial charge in [0.25, 0.3) is 0 Å². The van der Waals surface area contributed by atoms with Crippen molar-refractivity contribution in [2.45, 2.75) is 33.1 Å². The first-order valence-corrected chi connectivity index (χ1v) is 5.45. The molecule has 0 heterocycles. The van der Waals surface area contributed by atoms with E-state index in [0.717, 1.165) is 12.8 Å². The van der Waals surface area contributed by atoms with E-state index in [2.05, 4.69) is 0 Å². The fourth-order valence-corrected chi connectivity index (χ4v) is 1.26. The average molecular weight is 220 g/mol. The topological polar surface area (TPSA) is 43.4 Å². The summed E-state index contributed by atoms with van der Waals surface area (Å²) >= 11 is 0. The van der Waals surface area contributed by atoms with Crippen LogP contribution in [0.25, 0.3) is 0 Å². The SMILES string of the molecule is CCCCC(=O)Oc1ccc(C(C)=O)cc1. The number of hydrogen-bond acceptors (Lipinski definition) is 3. The van der Waals surface area contributed by atoms with Crippen LogP contribution in [-0.2, 0) is 4.79 Å². The van der Waals surface area contributed by atoms with Crippen molar-refractivity contribution in [1.29, 1.82) is 0 Å². The minimum atomic E-state index is -0.225. The molecule has 0 saturated heterocycles. The van der Waals surface area contributed by atoms with Gasteiger partial charge in [-0.2, -0.15) is 0 Å². The van der Waals surface area contributed by atoms with E-state index in [9.17, 15) is 9.59 Å². The summed E-state index contributed by atoms with van der Waals surface area (Å²) in [6.45, 7) is 3.52. The van der Waals surface area contributed by atoms with E-state index in [1.807, 2.05) is 6.92 Å². The Bertz CT molecular complexity index is 365. The number of ether oxygens (including phenoxy) is 1. The zero-order chi connectivity index (χ0) is 12.0. The van der Waals surface area contributed by atoms with Crippen LogP contribution in [-0.4, -0.2) is 11.8 Å². The molecule has 3 heteroatoms. The third-order valence-electron chi connectivity index (χ3n) is 2.23. The molecular weight excluding hydrogens is 204 g/mol. The molecule has 16 heavy (non-hydrogen) atoms. The van der Waals surface area contributed by atoms with E-state index in [1.165, 1.54) is 6.92 Å². The number of esters is 1. The quantitative estimate of drug-likeness (QED) is 0.435. The van der Waals surface area contributed by atoms with Crippen LogP contribution < -0.4 is 4.74 Å². The van der Waals surface area contributed by atoms with Gasteiger partial charge in [-0.15, -0.1) is 0 Å². The number of benzene rings is 1. The number of hydrogen-bond donors (Lipinski definition) is 0. The number of ketones is 1. The number of unbranched alkanes of at least 4 members (excludes halogenated alkanes) is 1. The van der Waals surface area contributed by atoms with Crippen LogP contribution in [0.1, 0.15) is 43.5 Å². The summed E-state index contributed by atoms with van der Waals surface area (Å²) in [4.78, 5) is 22.3. The fourth-order valence-electron chi connectivity index (χ4n) is 1.26. The maximum Gasteiger partial charge on any atom is 0.311 e. The van der Waals surface area contributed by atoms with Crippen LogP contribution in [0.5, 0.6) is 5.75 Å². The van der Waals surface area contributed by atoms with Gasteiger partial charge in [0.15, 0.2) is 5.78 Å². The van der Waals surface area contributed by atoms with E-state index in [4.69, 9.17) is 4.74 Å². The zero-order valence-corrected chi connectivity index (χ0v) is 9.66. The van der Waals surface area contributed by atoms with E-state index in [0.29, 0.717) is 17.7 Å². The maximum atomic E-state index is 11.3. The molecule has 0 spiro atoms. The van der Waals surface area contributed by atoms with Crippen molar-refractivity contribution in [3.63, 3.8) is 0 Å². The van der Waals surface area contributed by atoms with Gasteiger partial charge in [-0.3, -0.25) is 9.59 Å². The molecule has 3 nitrogen and oxygen atoms in total. The van der Waals surface area contributed by atoms with E-state index in [-0.39, 0.29) is 11.8 Å². The molecule has 0 unspecified atom stereocenters. The molecular formula is C13H16O3. The highest BCUT2D eigenvalue weighted by atomic mass is 16.5. The van der Waals surface area contributed by atoms with Crippen molar-refractivity contribution in [2.75, 3.05) is 0 Å². The zero-order valence-electron chi connectivity index (χ0n) is 9.66. The molecule has 0 radical (unpaired) electrons. The van der Waals surface area contributed by atoms with Crippen molar-refractivity contribution in [1.82, 2.24) is 0 Å². The summed E-state index contributed by atoms with van der Waals surface area (Å²) in [6.07, 6.45) is 2.24. The first-order chi connectivity index (χ1) is 7.63. The highest BCUT2D eigenvalue weighted by molar-refractivity contribution is 5.94. The number of rotatable bonds is 5. The van der Waals surface area contributed by atoms with Crippen LogP contribution in [0.4, 0.5) is 0 Å². The van der Waals surface area contributed by atoms with Crippen LogP contribution in [0.15, 0.2) is 24.3 Å². The largest absolute Gasteiger partial charge is 0.427 e. The van der Waals surface area contributed by atoms with Crippen molar-refractivity contribution >= 4 is 11.8 Å². The number of carbonyl (C=O) groups excluding carboxylic acids is 2. The lowest BCUT2D eigenvalue weighted by atomic mass is 10.1. The van der Waals surface area contributed by atoms with Gasteiger partial charge in [-0.25, -0.2) is 0 Å². The smallest absolute Gasteiger partial charge is 0.311 e. The summed E-state index contributed by atoms with van der Waals surface area (Å²) < 4.78 is 5.10. The molecule has 0 aromatic heterocycles. The van der Waals surface area contributed by atoms with E-state index in [1.54, 1.807) is 24.3 Å². The molecule has 0 saturated carbocycles. The van der Waals surface area contributed by atoms with Gasteiger partial charge in [0.2, 0.25) is 0 Å². The molecule has 0 atom stereocenters. The van der Waals surface area contributed by atoms with Gasteiger partial charge in [-0.05, 0) is 37.6 Å². The second kappa shape index (κ2) is 6.05. The lowest BCUT2D eigenvalue weighted by Crippen LogP contribution is -2.07. The summed E-state index contributed by atoms with van der Waals surface area (Å²) in [5, 5.41) is 0. The summed E-state index contributed by atoms with van der Waals surface area (Å²) in [6, 6.07) is 6.59. The summed E-state index contributed by atoms with van der Waals surface area (Å²) in [7, 11) is 0. The summed E-state index contributed by atoms with van der Waals surface area (Å²) in [5.74, 6) is 0.271. The Labute approximate surface area is 95.4 Å². The van der Waals surface area contributed by atoms with Crippen molar-refractivity contribution in [3.8, 4) is 5.75 Å². The lowest BCUT2D eigenvalue weighted by molar-refractivity contribution is -0.134. The molecule has 0 fully saturated rings. The minimum absolute atomic E-state index is 0.00357. The normalized spacial score (nSPS) is 9.88. The lowest BCUT2D eigenvalue weighted by Gasteiger charge is -2.04. The fraction of sp³-hybridized carbons (Fsp3) is 0.385. The molecule has 0 aliphatic rings. The van der Waals surface area contributed by atoms with Crippen LogP contribution in [0.2, 0.25) is 0 Å². The molecule has 1 aromatic carbocycles. The third kappa shape index (κ3) is 3.85. The third-order valence-corrected chi connectivity index (χ3v) is 2.23. The van der Waals surface area contributed by atoms with Crippen LogP contribution in [0.3, 0.4) is 0 Å². The molecule has 0 amide bonds. The Morgan fingerprint density at radius 2 is 1.81 bits per heavy atom. The predicted molar refractivity (Wildman–Crippen MR) is 61.6 cm³/mol. The van der Waals surface area contributed by atoms with Crippen molar-refractivity contribution in [3.05, 3.63) is 29.8 Å². The minimum Gasteiger partial charge on any atom is -0.427 e. The monoisotopic (exact) mass is 220 g/mol. The Balaban J connectivity index is 2.55. The highest BCUT2D eigenvalue weighted by Crippen LogP contribution is 2.13. The Morgan fingerprint density at radius 1 is 1.19 bits per heavy atom. The molecule has 0 aliphatic heterocycles. The Kier molecular flexibility index (Phi) is 4.70. The molecule has 0 aliphatic carbocycles. The van der Waals surface area contributed by atoms with Gasteiger partial charge in [0.05, 0.1) is 0 Å². The Hall–Kier alpha value is -1.64. The maximum absolute atomic E-state index is 11.3. The van der Waals surface area contributed by atoms with E-state index < -0.39 is 0 Å². The second-order valence-electron chi connectivity index (χ2n) is 3.66. The van der Waals surface area contributed by atoms with Crippen LogP contribution in [0, 0.1) is 0 Å². The molecule has 1 rings (SSSR count). The van der Waals surface area contributed by atoms with Gasteiger partial charge >= 0.3 is 5.97 Å². The predicted octanol–water partition coefficient (Wildman–Crippen LogP) is 2.98. The van der Waals surface area contributed by atoms with Gasteiger partial charge < -0.3 is 4.74 Å². The first-order valence-electron chi connectivity index (χ1n) is 5.45. The standard InChI is InChI=1S/C13H16O3/c1-3-4-5-13(15)16-12-8-6-11(7-9-12)10(2)14/h6-9H,3-5H2,1-2H3. The van der Waals surface area contributed by atoms with Gasteiger partial charge in [-0.1, -0.05) is 13.3 Å². The number of Topliss-reactive ketones (excluding diaryl/α,β-unsaturated/α-hetero) is 1. The number of carbonyl (C=O) groups is 2. The highest BCUT2D eigenvalue weighted by Gasteiger charge is 2.04. The first kappa shape index (κ1) is 12.4. The van der Waals surface area contributed by atoms with Crippen molar-refractivity contribution in [2.24, 2.45) is 0 Å². The second-order valence-corrected chi connectivity index (χ2v) is 3.66.